The van der Waals surface area contributed by atoms with Crippen LogP contribution in [0.15, 0.2) is 12.1 Å². The lowest BCUT2D eigenvalue weighted by molar-refractivity contribution is 0.269. The van der Waals surface area contributed by atoms with Crippen LogP contribution in [-0.4, -0.2) is 6.61 Å². The van der Waals surface area contributed by atoms with Crippen LogP contribution in [-0.2, 0) is 0 Å². The molecule has 0 bridgehead atoms. The number of nitrogen functional groups attached to an aromatic ring is 1. The Morgan fingerprint density at radius 3 is 3.00 bits per heavy atom. The lowest BCUT2D eigenvalue weighted by atomic mass is 10.00. The number of hydrogen-bond donors (Lipinski definition) is 2. The summed E-state index contributed by atoms with van der Waals surface area (Å²) in [4.78, 5) is 0. The van der Waals surface area contributed by atoms with Crippen molar-refractivity contribution in [2.24, 2.45) is 5.73 Å². The van der Waals surface area contributed by atoms with Gasteiger partial charge < -0.3 is 16.2 Å². The predicted octanol–water partition coefficient (Wildman–Crippen LogP) is 1.70. The van der Waals surface area contributed by atoms with E-state index < -0.39 is 0 Å². The van der Waals surface area contributed by atoms with Crippen LogP contribution in [0.25, 0.3) is 0 Å². The van der Waals surface area contributed by atoms with Crippen LogP contribution in [0.4, 0.5) is 5.69 Å². The summed E-state index contributed by atoms with van der Waals surface area (Å²) in [5, 5.41) is 0.541. The van der Waals surface area contributed by atoms with Gasteiger partial charge in [0.25, 0.3) is 0 Å². The summed E-state index contributed by atoms with van der Waals surface area (Å²) in [6, 6.07) is 3.49. The topological polar surface area (TPSA) is 61.3 Å². The second-order valence-electron chi connectivity index (χ2n) is 3.12. The molecule has 0 aliphatic carbocycles. The molecule has 1 heterocycles. The van der Waals surface area contributed by atoms with E-state index in [0.29, 0.717) is 17.3 Å². The fourth-order valence-electron chi connectivity index (χ4n) is 1.54. The molecule has 0 saturated carbocycles. The summed E-state index contributed by atoms with van der Waals surface area (Å²) in [7, 11) is 0. The van der Waals surface area contributed by atoms with Crippen molar-refractivity contribution in [3.63, 3.8) is 0 Å². The van der Waals surface area contributed by atoms with Crippen molar-refractivity contribution in [1.82, 2.24) is 0 Å². The second kappa shape index (κ2) is 3.09. The molecular weight excluding hydrogens is 188 g/mol. The lowest BCUT2D eigenvalue weighted by Crippen LogP contribution is -2.22. The zero-order valence-electron chi connectivity index (χ0n) is 7.09. The Balaban J connectivity index is 2.58. The van der Waals surface area contributed by atoms with Gasteiger partial charge in [-0.15, -0.1) is 0 Å². The average Bonchev–Trinajstić information content (AvgIpc) is 2.12. The summed E-state index contributed by atoms with van der Waals surface area (Å²) in [6.07, 6.45) is 0.789. The Kier molecular flexibility index (Phi) is 2.06. The molecule has 0 aromatic heterocycles. The van der Waals surface area contributed by atoms with Gasteiger partial charge in [0.05, 0.1) is 17.3 Å². The first-order valence-electron chi connectivity index (χ1n) is 4.16. The molecule has 3 nitrogen and oxygen atoms in total. The van der Waals surface area contributed by atoms with Gasteiger partial charge in [0, 0.05) is 18.0 Å². The standard InChI is InChI=1S/C9H11ClN2O/c10-5-1-2-7-8(9(5)12)6(11)3-4-13-7/h1-2,6H,3-4,11-12H2/t6-/m0/s1. The molecule has 4 N–H and O–H groups in total. The van der Waals surface area contributed by atoms with Crippen LogP contribution in [0.3, 0.4) is 0 Å². The molecule has 1 aromatic carbocycles. The van der Waals surface area contributed by atoms with Crippen molar-refractivity contribution < 1.29 is 4.74 Å². The van der Waals surface area contributed by atoms with E-state index in [1.165, 1.54) is 0 Å². The van der Waals surface area contributed by atoms with E-state index in [4.69, 9.17) is 27.8 Å². The molecule has 0 spiro atoms. The molecular formula is C9H11ClN2O. The number of anilines is 1. The molecule has 13 heavy (non-hydrogen) atoms. The van der Waals surface area contributed by atoms with Crippen molar-refractivity contribution >= 4 is 17.3 Å². The third-order valence-electron chi connectivity index (χ3n) is 2.25. The van der Waals surface area contributed by atoms with E-state index in [-0.39, 0.29) is 6.04 Å². The number of fused-ring (bicyclic) bond motifs is 1. The molecule has 4 heteroatoms. The summed E-state index contributed by atoms with van der Waals surface area (Å²) < 4.78 is 5.41. The highest BCUT2D eigenvalue weighted by molar-refractivity contribution is 6.33. The van der Waals surface area contributed by atoms with Crippen LogP contribution >= 0.6 is 11.6 Å². The van der Waals surface area contributed by atoms with E-state index in [1.807, 2.05) is 6.07 Å². The number of benzene rings is 1. The Bertz CT molecular complexity index is 341. The highest BCUT2D eigenvalue weighted by Gasteiger charge is 2.21. The van der Waals surface area contributed by atoms with E-state index in [1.54, 1.807) is 6.07 Å². The molecule has 1 aliphatic heterocycles. The van der Waals surface area contributed by atoms with Gasteiger partial charge in [-0.3, -0.25) is 0 Å². The average molecular weight is 199 g/mol. The zero-order valence-corrected chi connectivity index (χ0v) is 7.84. The second-order valence-corrected chi connectivity index (χ2v) is 3.52. The molecule has 0 amide bonds. The van der Waals surface area contributed by atoms with E-state index >= 15 is 0 Å². The summed E-state index contributed by atoms with van der Waals surface area (Å²) in [5.74, 6) is 0.764. The summed E-state index contributed by atoms with van der Waals surface area (Å²) in [5.41, 5.74) is 13.1. The third kappa shape index (κ3) is 1.34. The van der Waals surface area contributed by atoms with E-state index in [9.17, 15) is 0 Å². The van der Waals surface area contributed by atoms with Gasteiger partial charge in [-0.05, 0) is 12.1 Å². The molecule has 1 atom stereocenters. The molecule has 0 unspecified atom stereocenters. The fraction of sp³-hybridized carbons (Fsp3) is 0.333. The molecule has 70 valence electrons. The zero-order chi connectivity index (χ0) is 9.42. The maximum atomic E-state index is 5.90. The van der Waals surface area contributed by atoms with Crippen molar-refractivity contribution in [3.8, 4) is 5.75 Å². The van der Waals surface area contributed by atoms with Crippen molar-refractivity contribution in [2.75, 3.05) is 12.3 Å². The molecule has 0 radical (unpaired) electrons. The fourth-order valence-corrected chi connectivity index (χ4v) is 1.70. The monoisotopic (exact) mass is 198 g/mol. The van der Waals surface area contributed by atoms with Crippen molar-refractivity contribution in [3.05, 3.63) is 22.7 Å². The van der Waals surface area contributed by atoms with E-state index in [0.717, 1.165) is 17.7 Å². The minimum atomic E-state index is -0.0533. The normalized spacial score (nSPS) is 20.6. The first kappa shape index (κ1) is 8.66. The summed E-state index contributed by atoms with van der Waals surface area (Å²) >= 11 is 5.87. The highest BCUT2D eigenvalue weighted by atomic mass is 35.5. The van der Waals surface area contributed by atoms with Gasteiger partial charge in [0.15, 0.2) is 0 Å². The number of ether oxygens (including phenoxy) is 1. The number of halogens is 1. The van der Waals surface area contributed by atoms with Gasteiger partial charge >= 0.3 is 0 Å². The highest BCUT2D eigenvalue weighted by Crippen LogP contribution is 2.38. The van der Waals surface area contributed by atoms with Crippen LogP contribution in [0.2, 0.25) is 5.02 Å². The summed E-state index contributed by atoms with van der Waals surface area (Å²) in [6.45, 7) is 0.648. The molecule has 1 aromatic rings. The Morgan fingerprint density at radius 2 is 2.23 bits per heavy atom. The molecule has 2 rings (SSSR count). The first-order valence-corrected chi connectivity index (χ1v) is 4.54. The first-order chi connectivity index (χ1) is 6.20. The van der Waals surface area contributed by atoms with Crippen LogP contribution in [0, 0.1) is 0 Å². The number of nitrogens with two attached hydrogens (primary N) is 2. The van der Waals surface area contributed by atoms with Crippen molar-refractivity contribution in [2.45, 2.75) is 12.5 Å². The van der Waals surface area contributed by atoms with Crippen molar-refractivity contribution in [1.29, 1.82) is 0 Å². The van der Waals surface area contributed by atoms with Gasteiger partial charge in [-0.25, -0.2) is 0 Å². The lowest BCUT2D eigenvalue weighted by Gasteiger charge is -2.24. The number of rotatable bonds is 0. The van der Waals surface area contributed by atoms with Crippen LogP contribution < -0.4 is 16.2 Å². The van der Waals surface area contributed by atoms with Gasteiger partial charge in [0.1, 0.15) is 5.75 Å². The molecule has 1 aliphatic rings. The quantitative estimate of drug-likeness (QED) is 0.624. The van der Waals surface area contributed by atoms with Gasteiger partial charge in [-0.1, -0.05) is 11.6 Å². The molecule has 0 fully saturated rings. The van der Waals surface area contributed by atoms with Crippen LogP contribution in [0.1, 0.15) is 18.0 Å². The largest absolute Gasteiger partial charge is 0.493 e. The smallest absolute Gasteiger partial charge is 0.126 e. The molecule has 0 saturated heterocycles. The Morgan fingerprint density at radius 1 is 1.46 bits per heavy atom. The SMILES string of the molecule is Nc1c(Cl)ccc2c1[C@@H](N)CCO2. The van der Waals surface area contributed by atoms with Gasteiger partial charge in [-0.2, -0.15) is 0 Å². The minimum Gasteiger partial charge on any atom is -0.493 e. The third-order valence-corrected chi connectivity index (χ3v) is 2.58. The van der Waals surface area contributed by atoms with Gasteiger partial charge in [0.2, 0.25) is 0 Å². The number of hydrogen-bond acceptors (Lipinski definition) is 3. The Labute approximate surface area is 81.6 Å². The maximum absolute atomic E-state index is 5.90. The Hall–Kier alpha value is -0.930. The van der Waals surface area contributed by atoms with E-state index in [2.05, 4.69) is 0 Å². The van der Waals surface area contributed by atoms with Crippen LogP contribution in [0.5, 0.6) is 5.75 Å². The maximum Gasteiger partial charge on any atom is 0.126 e. The predicted molar refractivity (Wildman–Crippen MR) is 52.9 cm³/mol. The minimum absolute atomic E-state index is 0.0533.